The third-order valence-electron chi connectivity index (χ3n) is 3.73. The Balaban J connectivity index is 1.74. The maximum absolute atomic E-state index is 11.9. The number of nitrogens with one attached hydrogen (secondary N) is 1. The van der Waals surface area contributed by atoms with Crippen LogP contribution in [-0.4, -0.2) is 22.0 Å². The molecule has 0 radical (unpaired) electrons. The zero-order chi connectivity index (χ0) is 19.9. The average molecular weight is 392 g/mol. The lowest BCUT2D eigenvalue weighted by Crippen LogP contribution is -2.17. The molecule has 0 unspecified atom stereocenters. The second-order valence-electron chi connectivity index (χ2n) is 5.84. The van der Waals surface area contributed by atoms with Crippen molar-refractivity contribution in [1.82, 2.24) is 10.4 Å². The predicted octanol–water partition coefficient (Wildman–Crippen LogP) is 4.21. The normalized spacial score (nSPS) is 10.8. The van der Waals surface area contributed by atoms with Crippen molar-refractivity contribution in [2.75, 3.05) is 0 Å². The molecule has 3 rings (SSSR count). The van der Waals surface area contributed by atoms with Crippen molar-refractivity contribution in [2.45, 2.75) is 16.7 Å². The van der Waals surface area contributed by atoms with E-state index in [-0.39, 0.29) is 5.69 Å². The zero-order valence-electron chi connectivity index (χ0n) is 14.9. The van der Waals surface area contributed by atoms with E-state index in [1.54, 1.807) is 30.5 Å². The first-order chi connectivity index (χ1) is 13.5. The first-order valence-electron chi connectivity index (χ1n) is 8.29. The van der Waals surface area contributed by atoms with Crippen molar-refractivity contribution in [3.8, 4) is 0 Å². The molecule has 28 heavy (non-hydrogen) atoms. The number of carbonyl (C=O) groups excluding carboxylic acids is 1. The van der Waals surface area contributed by atoms with E-state index in [0.717, 1.165) is 10.5 Å². The van der Waals surface area contributed by atoms with Crippen LogP contribution >= 0.6 is 11.8 Å². The van der Waals surface area contributed by atoms with Gasteiger partial charge in [0.2, 0.25) is 0 Å². The largest absolute Gasteiger partial charge is 0.283 e. The second kappa shape index (κ2) is 8.92. The highest BCUT2D eigenvalue weighted by Gasteiger charge is 2.15. The molecule has 0 aliphatic rings. The van der Waals surface area contributed by atoms with Crippen LogP contribution in [0.25, 0.3) is 0 Å². The SMILES string of the molecule is Cc1ccc(Sc2ccc(/C=N\NC(=O)c3cccnc3)cc2[N+](=O)[O-])cc1. The molecule has 1 amide bonds. The first-order valence-corrected chi connectivity index (χ1v) is 9.11. The van der Waals surface area contributed by atoms with Gasteiger partial charge in [0.05, 0.1) is 21.6 Å². The molecule has 8 heteroatoms. The summed E-state index contributed by atoms with van der Waals surface area (Å²) < 4.78 is 0. The third-order valence-corrected chi connectivity index (χ3v) is 4.80. The molecular weight excluding hydrogens is 376 g/mol. The number of aryl methyl sites for hydroxylation is 1. The molecule has 0 fully saturated rings. The van der Waals surface area contributed by atoms with E-state index in [9.17, 15) is 14.9 Å². The molecular formula is C20H16N4O3S. The van der Waals surface area contributed by atoms with Crippen LogP contribution in [0, 0.1) is 17.0 Å². The number of amides is 1. The standard InChI is InChI=1S/C20H16N4O3S/c1-14-4-7-17(8-5-14)28-19-9-6-15(11-18(19)24(26)27)12-22-23-20(25)16-3-2-10-21-13-16/h2-13H,1H3,(H,23,25)/b22-12-. The van der Waals surface area contributed by atoms with E-state index in [1.807, 2.05) is 31.2 Å². The fraction of sp³-hybridized carbons (Fsp3) is 0.0500. The summed E-state index contributed by atoms with van der Waals surface area (Å²) in [6, 6.07) is 15.8. The van der Waals surface area contributed by atoms with Crippen molar-refractivity contribution < 1.29 is 9.72 Å². The van der Waals surface area contributed by atoms with Crippen LogP contribution in [-0.2, 0) is 0 Å². The summed E-state index contributed by atoms with van der Waals surface area (Å²) in [5, 5.41) is 15.3. The van der Waals surface area contributed by atoms with Gasteiger partial charge in [-0.15, -0.1) is 0 Å². The molecule has 140 valence electrons. The van der Waals surface area contributed by atoms with Gasteiger partial charge in [0.25, 0.3) is 11.6 Å². The van der Waals surface area contributed by atoms with Crippen molar-refractivity contribution in [2.24, 2.45) is 5.10 Å². The predicted molar refractivity (Wildman–Crippen MR) is 108 cm³/mol. The molecule has 3 aromatic rings. The van der Waals surface area contributed by atoms with Gasteiger partial charge >= 0.3 is 0 Å². The van der Waals surface area contributed by atoms with Gasteiger partial charge in [-0.05, 0) is 37.3 Å². The van der Waals surface area contributed by atoms with E-state index in [0.29, 0.717) is 16.0 Å². The lowest BCUT2D eigenvalue weighted by molar-refractivity contribution is -0.387. The van der Waals surface area contributed by atoms with Crippen molar-refractivity contribution >= 4 is 29.6 Å². The van der Waals surface area contributed by atoms with Gasteiger partial charge in [-0.1, -0.05) is 35.5 Å². The molecule has 0 spiro atoms. The summed E-state index contributed by atoms with van der Waals surface area (Å²) in [5.74, 6) is -0.412. The van der Waals surface area contributed by atoms with Gasteiger partial charge in [0.15, 0.2) is 0 Å². The third kappa shape index (κ3) is 5.01. The Morgan fingerprint density at radius 1 is 1.21 bits per heavy atom. The van der Waals surface area contributed by atoms with E-state index in [1.165, 1.54) is 30.2 Å². The van der Waals surface area contributed by atoms with Gasteiger partial charge < -0.3 is 0 Å². The number of carbonyl (C=O) groups is 1. The minimum Gasteiger partial charge on any atom is -0.267 e. The van der Waals surface area contributed by atoms with Gasteiger partial charge in [-0.25, -0.2) is 5.43 Å². The molecule has 2 aromatic carbocycles. The van der Waals surface area contributed by atoms with Crippen LogP contribution in [0.1, 0.15) is 21.5 Å². The molecule has 0 bridgehead atoms. The number of benzene rings is 2. The van der Waals surface area contributed by atoms with Crippen LogP contribution in [0.2, 0.25) is 0 Å². The number of rotatable bonds is 6. The molecule has 0 saturated heterocycles. The molecule has 0 aliphatic carbocycles. The Morgan fingerprint density at radius 3 is 2.68 bits per heavy atom. The monoisotopic (exact) mass is 392 g/mol. The van der Waals surface area contributed by atoms with Crippen molar-refractivity contribution in [3.63, 3.8) is 0 Å². The molecule has 0 saturated carbocycles. The summed E-state index contributed by atoms with van der Waals surface area (Å²) in [4.78, 5) is 28.3. The summed E-state index contributed by atoms with van der Waals surface area (Å²) in [7, 11) is 0. The summed E-state index contributed by atoms with van der Waals surface area (Å²) in [6.07, 6.45) is 4.35. The number of hydrazone groups is 1. The second-order valence-corrected chi connectivity index (χ2v) is 6.96. The average Bonchev–Trinajstić information content (AvgIpc) is 2.71. The van der Waals surface area contributed by atoms with Crippen LogP contribution < -0.4 is 5.43 Å². The van der Waals surface area contributed by atoms with Gasteiger partial charge in [0.1, 0.15) is 0 Å². The van der Waals surface area contributed by atoms with Crippen molar-refractivity contribution in [1.29, 1.82) is 0 Å². The van der Waals surface area contributed by atoms with Gasteiger partial charge in [-0.2, -0.15) is 5.10 Å². The Hall–Kier alpha value is -3.52. The molecule has 1 heterocycles. The smallest absolute Gasteiger partial charge is 0.267 e. The minimum absolute atomic E-state index is 0.0203. The van der Waals surface area contributed by atoms with Crippen molar-refractivity contribution in [3.05, 3.63) is 93.8 Å². The quantitative estimate of drug-likeness (QED) is 0.385. The molecule has 1 N–H and O–H groups in total. The van der Waals surface area contributed by atoms with Gasteiger partial charge in [-0.3, -0.25) is 19.9 Å². The lowest BCUT2D eigenvalue weighted by Gasteiger charge is -2.05. The fourth-order valence-corrected chi connectivity index (χ4v) is 3.20. The highest BCUT2D eigenvalue weighted by atomic mass is 32.2. The van der Waals surface area contributed by atoms with E-state index in [2.05, 4.69) is 15.5 Å². The molecule has 7 nitrogen and oxygen atoms in total. The Kier molecular flexibility index (Phi) is 6.13. The maximum Gasteiger partial charge on any atom is 0.283 e. The molecule has 1 aromatic heterocycles. The Morgan fingerprint density at radius 2 is 2.00 bits per heavy atom. The van der Waals surface area contributed by atoms with Gasteiger partial charge in [0, 0.05) is 28.9 Å². The first kappa shape index (κ1) is 19.2. The zero-order valence-corrected chi connectivity index (χ0v) is 15.7. The van der Waals surface area contributed by atoms with E-state index < -0.39 is 10.8 Å². The number of nitro groups is 1. The maximum atomic E-state index is 11.9. The number of hydrogen-bond donors (Lipinski definition) is 1. The molecule has 0 atom stereocenters. The number of hydrogen-bond acceptors (Lipinski definition) is 6. The molecule has 0 aliphatic heterocycles. The van der Waals surface area contributed by atoms with E-state index in [4.69, 9.17) is 0 Å². The van der Waals surface area contributed by atoms with Crippen LogP contribution in [0.5, 0.6) is 0 Å². The van der Waals surface area contributed by atoms with Crippen LogP contribution in [0.15, 0.2) is 81.9 Å². The van der Waals surface area contributed by atoms with E-state index >= 15 is 0 Å². The number of nitrogens with zero attached hydrogens (tertiary/aromatic N) is 3. The summed E-state index contributed by atoms with van der Waals surface area (Å²) in [6.45, 7) is 1.98. The Bertz CT molecular complexity index is 1020. The number of pyridine rings is 1. The summed E-state index contributed by atoms with van der Waals surface area (Å²) in [5.41, 5.74) is 4.35. The van der Waals surface area contributed by atoms with Crippen LogP contribution in [0.4, 0.5) is 5.69 Å². The lowest BCUT2D eigenvalue weighted by atomic mass is 10.2. The Labute approximate surface area is 165 Å². The highest BCUT2D eigenvalue weighted by molar-refractivity contribution is 7.99. The van der Waals surface area contributed by atoms with Crippen LogP contribution in [0.3, 0.4) is 0 Å². The number of nitro benzene ring substituents is 1. The number of aromatic nitrogens is 1. The minimum atomic E-state index is -0.428. The highest BCUT2D eigenvalue weighted by Crippen LogP contribution is 2.35. The topological polar surface area (TPSA) is 97.5 Å². The fourth-order valence-electron chi connectivity index (χ4n) is 2.30. The summed E-state index contributed by atoms with van der Waals surface area (Å²) >= 11 is 1.32.